The number of hydrogen-bond acceptors (Lipinski definition) is 22. The lowest BCUT2D eigenvalue weighted by molar-refractivity contribution is 0.0424. The number of aromatic hydroxyl groups is 2. The lowest BCUT2D eigenvalue weighted by atomic mass is 10.1. The second-order valence-corrected chi connectivity index (χ2v) is 22.0. The van der Waals surface area contributed by atoms with Crippen LogP contribution in [0.3, 0.4) is 0 Å². The molecule has 0 aliphatic rings. The monoisotopic (exact) mass is 1360 g/mol. The minimum Gasteiger partial charge on any atom is -0.508 e. The number of fused-ring (bicyclic) bond motifs is 4. The average molecular weight is 1370 g/mol. The van der Waals surface area contributed by atoms with Crippen molar-refractivity contribution in [1.82, 2.24) is 58.6 Å². The van der Waals surface area contributed by atoms with E-state index in [9.17, 15) is 30.3 Å². The first kappa shape index (κ1) is 68.1. The van der Waals surface area contributed by atoms with Gasteiger partial charge in [-0.2, -0.15) is 20.7 Å². The number of phenols is 2. The molecule has 6 heterocycles. The van der Waals surface area contributed by atoms with Crippen LogP contribution in [-0.4, -0.2) is 145 Å². The molecule has 26 nitrogen and oxygen atoms in total. The lowest BCUT2D eigenvalue weighted by Crippen LogP contribution is -2.28. The number of anilines is 2. The summed E-state index contributed by atoms with van der Waals surface area (Å²) in [6, 6.07) is 42.4. The Labute approximate surface area is 562 Å². The second kappa shape index (κ2) is 32.9. The van der Waals surface area contributed by atoms with Crippen molar-refractivity contribution in [2.75, 3.05) is 77.5 Å². The summed E-state index contributed by atoms with van der Waals surface area (Å²) in [5, 5.41) is 67.6. The maximum atomic E-state index is 14.4. The third kappa shape index (κ3) is 16.6. The molecule has 6 aromatic heterocycles. The highest BCUT2D eigenvalue weighted by Gasteiger charge is 2.24. The van der Waals surface area contributed by atoms with Gasteiger partial charge in [0.1, 0.15) is 85.1 Å². The van der Waals surface area contributed by atoms with E-state index in [2.05, 4.69) is 65.8 Å². The molecule has 6 aromatic carbocycles. The molecule has 97 heavy (non-hydrogen) atoms. The fourth-order valence-corrected chi connectivity index (χ4v) is 10.8. The highest BCUT2D eigenvalue weighted by molar-refractivity contribution is 9.10. The number of aliphatic hydroxyl groups excluding tert-OH is 2. The van der Waals surface area contributed by atoms with Crippen LogP contribution < -0.4 is 22.6 Å². The van der Waals surface area contributed by atoms with E-state index in [4.69, 9.17) is 67.2 Å². The molecule has 0 aliphatic heterocycles. The van der Waals surface area contributed by atoms with Gasteiger partial charge >= 0.3 is 0 Å². The largest absolute Gasteiger partial charge is 0.508 e. The van der Waals surface area contributed by atoms with Crippen LogP contribution >= 0.6 is 15.9 Å². The maximum absolute atomic E-state index is 14.4. The number of phenolic OH excluding ortho intramolecular Hbond substituents is 2. The Balaban J connectivity index is 0.000000187. The molecule has 8 N–H and O–H groups in total. The molecule has 27 heteroatoms. The van der Waals surface area contributed by atoms with Gasteiger partial charge in [0.05, 0.1) is 122 Å². The number of rotatable bonds is 22. The SMILES string of the molecule is C#CCOCCOCCO.N#Cc1cccc(Cn2c(Cn3nc(-c4cccc(O)c4)c4c(N)ncnc43)nc3cccc(Br)c3c2=O)c1.N#Cc1cccc(Cn2c(Cn3nc(-c4cccc(O)c4)c4c(N)ncnc43)nc3cccc(C#CCOCCOCCO)c3c2=O)c1. The number of hydrogen-bond donors (Lipinski definition) is 6. The number of halogens is 1. The van der Waals surface area contributed by atoms with Gasteiger partial charge < -0.3 is 50.8 Å². The standard InChI is InChI=1S/C35H30N8O5.C28H19BrN8O2.C7H12O3/c36-19-23-5-1-6-24(17-23)20-42-29(21-43-34-31(33(37)38-22-39-34)32(41-43)26-8-2-10-27(45)18-26)40-28-11-3-7-25(30(28)35(42)46)9-4-13-47-15-16-48-14-12-44;29-20-8-3-9-21-23(20)28(39)36(13-17-5-1-4-16(10-17)12-30)22(34-21)14-37-27-24(26(31)32-15-33-27)25(35-37)18-6-2-7-19(38)11-18;1-2-4-9-6-7-10-5-3-8/h1-3,5-8,10-11,17-18,22,44-45H,12-16,20-21H2,(H2,37,38,39);1-11,15,38H,13-14H2,(H2,31,32,33);1,8H,3-7H2. The van der Waals surface area contributed by atoms with Gasteiger partial charge in [0, 0.05) is 21.2 Å². The van der Waals surface area contributed by atoms with Crippen LogP contribution in [0.5, 0.6) is 11.5 Å². The van der Waals surface area contributed by atoms with Crippen molar-refractivity contribution >= 4 is 71.4 Å². The third-order valence-electron chi connectivity index (χ3n) is 14.6. The maximum Gasteiger partial charge on any atom is 0.263 e. The van der Waals surface area contributed by atoms with Gasteiger partial charge in [-0.3, -0.25) is 18.7 Å². The van der Waals surface area contributed by atoms with Crippen LogP contribution in [0.2, 0.25) is 0 Å². The Hall–Kier alpha value is -11.8. The third-order valence-corrected chi connectivity index (χ3v) is 15.3. The molecule has 0 unspecified atom stereocenters. The fraction of sp³-hybridized carbons (Fsp3) is 0.200. The Morgan fingerprint density at radius 2 is 0.990 bits per heavy atom. The van der Waals surface area contributed by atoms with E-state index in [1.54, 1.807) is 128 Å². The highest BCUT2D eigenvalue weighted by atomic mass is 79.9. The minimum absolute atomic E-state index is 0.0387. The molecule has 0 radical (unpaired) electrons. The molecule has 0 saturated heterocycles. The van der Waals surface area contributed by atoms with Gasteiger partial charge in [0.2, 0.25) is 0 Å². The number of nitrogen functional groups attached to an aromatic ring is 2. The molecule has 0 atom stereocenters. The molecule has 12 aromatic rings. The summed E-state index contributed by atoms with van der Waals surface area (Å²) >= 11 is 3.49. The van der Waals surface area contributed by atoms with Crippen molar-refractivity contribution in [3.8, 4) is 70.3 Å². The summed E-state index contributed by atoms with van der Waals surface area (Å²) in [6.45, 7) is 3.13. The zero-order chi connectivity index (χ0) is 68.2. The van der Waals surface area contributed by atoms with Gasteiger partial charge in [-0.15, -0.1) is 6.42 Å². The van der Waals surface area contributed by atoms with Crippen molar-refractivity contribution in [3.63, 3.8) is 0 Å². The topological polar surface area (TPSA) is 374 Å². The van der Waals surface area contributed by atoms with Crippen molar-refractivity contribution < 1.29 is 39.4 Å². The van der Waals surface area contributed by atoms with Crippen LogP contribution in [0, 0.1) is 46.8 Å². The number of aromatic nitrogens is 12. The first-order valence-electron chi connectivity index (χ1n) is 30.0. The van der Waals surface area contributed by atoms with E-state index in [-0.39, 0.29) is 86.9 Å². The summed E-state index contributed by atoms with van der Waals surface area (Å²) in [5.41, 5.74) is 19.0. The number of nitrogens with two attached hydrogens (primary N) is 2. The van der Waals surface area contributed by atoms with E-state index in [1.807, 2.05) is 24.3 Å². The number of ether oxygens (including phenoxy) is 4. The molecule has 0 bridgehead atoms. The summed E-state index contributed by atoms with van der Waals surface area (Å²) in [7, 11) is 0. The van der Waals surface area contributed by atoms with Gasteiger partial charge in [-0.05, 0) is 99.9 Å². The summed E-state index contributed by atoms with van der Waals surface area (Å²) in [6.07, 6.45) is 7.61. The van der Waals surface area contributed by atoms with Gasteiger partial charge in [-0.25, -0.2) is 39.3 Å². The average Bonchev–Trinajstić information content (AvgIpc) is 1.42. The van der Waals surface area contributed by atoms with E-state index < -0.39 is 0 Å². The quantitative estimate of drug-likeness (QED) is 0.0303. The van der Waals surface area contributed by atoms with Crippen molar-refractivity contribution in [2.45, 2.75) is 26.2 Å². The van der Waals surface area contributed by atoms with Gasteiger partial charge in [0.25, 0.3) is 11.1 Å². The lowest BCUT2D eigenvalue weighted by Gasteiger charge is -2.15. The molecular weight excluding hydrogens is 1300 g/mol. The molecule has 0 aliphatic carbocycles. The first-order chi connectivity index (χ1) is 47.3. The number of nitrogens with zero attached hydrogens (tertiary/aromatic N) is 14. The molecule has 0 spiro atoms. The van der Waals surface area contributed by atoms with Crippen LogP contribution in [0.1, 0.15) is 39.5 Å². The smallest absolute Gasteiger partial charge is 0.263 e. The predicted molar refractivity (Wildman–Crippen MR) is 365 cm³/mol. The van der Waals surface area contributed by atoms with E-state index in [1.165, 1.54) is 12.7 Å². The van der Waals surface area contributed by atoms with Gasteiger partial charge in [0.15, 0.2) is 11.3 Å². The normalized spacial score (nSPS) is 10.9. The van der Waals surface area contributed by atoms with E-state index in [0.717, 1.165) is 11.1 Å². The van der Waals surface area contributed by atoms with Crippen LogP contribution in [-0.2, 0) is 45.1 Å². The zero-order valence-electron chi connectivity index (χ0n) is 51.9. The molecule has 0 saturated carbocycles. The Kier molecular flexibility index (Phi) is 23.1. The van der Waals surface area contributed by atoms with Crippen molar-refractivity contribution in [2.24, 2.45) is 0 Å². The Bertz CT molecular complexity index is 5160. The summed E-state index contributed by atoms with van der Waals surface area (Å²) in [4.78, 5) is 55.1. The van der Waals surface area contributed by atoms with Crippen LogP contribution in [0.4, 0.5) is 11.6 Å². The number of terminal acetylenes is 1. The van der Waals surface area contributed by atoms with Crippen molar-refractivity contribution in [1.29, 1.82) is 10.5 Å². The fourth-order valence-electron chi connectivity index (χ4n) is 10.3. The molecule has 12 rings (SSSR count). The van der Waals surface area contributed by atoms with E-state index in [0.29, 0.717) is 139 Å². The number of nitriles is 2. The zero-order valence-corrected chi connectivity index (χ0v) is 53.5. The van der Waals surface area contributed by atoms with Crippen LogP contribution in [0.25, 0.3) is 66.4 Å². The Morgan fingerprint density at radius 3 is 1.48 bits per heavy atom. The highest BCUT2D eigenvalue weighted by Crippen LogP contribution is 2.34. The number of benzene rings is 6. The second-order valence-electron chi connectivity index (χ2n) is 21.1. The molecule has 0 amide bonds. The summed E-state index contributed by atoms with van der Waals surface area (Å²) < 4.78 is 27.4. The molecular formula is C70H61BrN16O10. The van der Waals surface area contributed by atoms with Crippen LogP contribution in [0.15, 0.2) is 160 Å². The summed E-state index contributed by atoms with van der Waals surface area (Å²) in [5.74, 6) is 9.76. The Morgan fingerprint density at radius 1 is 0.526 bits per heavy atom. The van der Waals surface area contributed by atoms with Gasteiger partial charge in [-0.1, -0.05) is 78.4 Å². The van der Waals surface area contributed by atoms with E-state index >= 15 is 0 Å². The molecule has 488 valence electrons. The number of aliphatic hydroxyl groups is 2. The minimum atomic E-state index is -0.320. The first-order valence-corrected chi connectivity index (χ1v) is 30.8. The molecule has 0 fully saturated rings. The predicted octanol–water partition coefficient (Wildman–Crippen LogP) is 6.70. The van der Waals surface area contributed by atoms with Crippen molar-refractivity contribution in [3.05, 3.63) is 211 Å².